The number of phenols is 1. The minimum atomic E-state index is -0.715. The third kappa shape index (κ3) is 3.10. The zero-order chi connectivity index (χ0) is 14.6. The van der Waals surface area contributed by atoms with Crippen molar-refractivity contribution in [3.8, 4) is 5.75 Å². The zero-order valence-corrected chi connectivity index (χ0v) is 11.5. The van der Waals surface area contributed by atoms with Crippen LogP contribution in [0.5, 0.6) is 5.75 Å². The van der Waals surface area contributed by atoms with Crippen LogP contribution in [0.25, 0.3) is 0 Å². The van der Waals surface area contributed by atoms with Crippen LogP contribution in [0.3, 0.4) is 0 Å². The van der Waals surface area contributed by atoms with E-state index in [1.165, 1.54) is 18.6 Å². The minimum absolute atomic E-state index is 0.0885. The second-order valence-electron chi connectivity index (χ2n) is 5.58. The van der Waals surface area contributed by atoms with Crippen molar-refractivity contribution in [1.82, 2.24) is 5.32 Å². The molecule has 1 fully saturated rings. The Morgan fingerprint density at radius 2 is 2.05 bits per heavy atom. The van der Waals surface area contributed by atoms with E-state index in [0.717, 1.165) is 31.7 Å². The lowest BCUT2D eigenvalue weighted by molar-refractivity contribution is 0.0907. The lowest BCUT2D eigenvalue weighted by Gasteiger charge is -2.36. The molecule has 5 heteroatoms. The third-order valence-electron chi connectivity index (χ3n) is 4.19. The van der Waals surface area contributed by atoms with Crippen molar-refractivity contribution < 1.29 is 14.3 Å². The van der Waals surface area contributed by atoms with Gasteiger partial charge >= 0.3 is 0 Å². The molecule has 4 nitrogen and oxygen atoms in total. The van der Waals surface area contributed by atoms with Gasteiger partial charge in [0.1, 0.15) is 17.1 Å². The van der Waals surface area contributed by atoms with Crippen LogP contribution in [0, 0.1) is 11.2 Å². The van der Waals surface area contributed by atoms with Crippen LogP contribution in [0.4, 0.5) is 4.39 Å². The Labute approximate surface area is 118 Å². The van der Waals surface area contributed by atoms with E-state index in [9.17, 15) is 14.3 Å². The van der Waals surface area contributed by atoms with Gasteiger partial charge in [0.2, 0.25) is 0 Å². The minimum Gasteiger partial charge on any atom is -0.507 e. The molecule has 0 aromatic heterocycles. The highest BCUT2D eigenvalue weighted by Crippen LogP contribution is 2.34. The predicted molar refractivity (Wildman–Crippen MR) is 75.0 cm³/mol. The quantitative estimate of drug-likeness (QED) is 0.791. The number of nitrogens with two attached hydrogens (primary N) is 1. The van der Waals surface area contributed by atoms with Crippen LogP contribution in [-0.4, -0.2) is 24.1 Å². The van der Waals surface area contributed by atoms with Crippen LogP contribution < -0.4 is 11.1 Å². The molecular formula is C15H21FN2O2. The summed E-state index contributed by atoms with van der Waals surface area (Å²) in [5.41, 5.74) is 5.46. The van der Waals surface area contributed by atoms with Crippen molar-refractivity contribution in [2.45, 2.75) is 32.1 Å². The summed E-state index contributed by atoms with van der Waals surface area (Å²) in [5.74, 6) is -1.64. The van der Waals surface area contributed by atoms with Gasteiger partial charge in [0.05, 0.1) is 0 Å². The van der Waals surface area contributed by atoms with Gasteiger partial charge in [-0.25, -0.2) is 4.39 Å². The number of hydrogen-bond donors (Lipinski definition) is 3. The number of carbonyl (C=O) groups excluding carboxylic acids is 1. The normalized spacial score (nSPS) is 17.7. The van der Waals surface area contributed by atoms with Crippen molar-refractivity contribution in [2.75, 3.05) is 13.1 Å². The number of rotatable bonds is 4. The lowest BCUT2D eigenvalue weighted by atomic mass is 9.74. The van der Waals surface area contributed by atoms with Gasteiger partial charge in [-0.15, -0.1) is 0 Å². The first kappa shape index (κ1) is 14.8. The number of halogens is 1. The van der Waals surface area contributed by atoms with Gasteiger partial charge < -0.3 is 16.2 Å². The Balaban J connectivity index is 2.04. The Morgan fingerprint density at radius 1 is 1.35 bits per heavy atom. The first-order chi connectivity index (χ1) is 9.58. The number of nitrogens with one attached hydrogen (secondary N) is 1. The summed E-state index contributed by atoms with van der Waals surface area (Å²) in [6, 6.07) is 3.83. The van der Waals surface area contributed by atoms with Gasteiger partial charge in [0.15, 0.2) is 0 Å². The summed E-state index contributed by atoms with van der Waals surface area (Å²) >= 11 is 0. The molecule has 20 heavy (non-hydrogen) atoms. The van der Waals surface area contributed by atoms with Gasteiger partial charge in [0.25, 0.3) is 5.91 Å². The Kier molecular flexibility index (Phi) is 4.60. The highest BCUT2D eigenvalue weighted by molar-refractivity contribution is 5.97. The summed E-state index contributed by atoms with van der Waals surface area (Å²) < 4.78 is 13.6. The number of aromatic hydroxyl groups is 1. The standard InChI is InChI=1S/C15H21FN2O2/c16-11-5-4-6-12(19)13(11)14(20)18-10-15(9-17)7-2-1-3-8-15/h4-6,19H,1-3,7-10,17H2,(H,18,20). The number of benzene rings is 1. The fraction of sp³-hybridized carbons (Fsp3) is 0.533. The van der Waals surface area contributed by atoms with E-state index >= 15 is 0 Å². The van der Waals surface area contributed by atoms with Crippen LogP contribution in [-0.2, 0) is 0 Å². The molecule has 1 saturated carbocycles. The molecule has 0 heterocycles. The fourth-order valence-electron chi connectivity index (χ4n) is 2.85. The van der Waals surface area contributed by atoms with Crippen LogP contribution in [0.15, 0.2) is 18.2 Å². The first-order valence-corrected chi connectivity index (χ1v) is 7.04. The number of hydrogen-bond acceptors (Lipinski definition) is 3. The summed E-state index contributed by atoms with van der Waals surface area (Å²) in [4.78, 5) is 12.0. The van der Waals surface area contributed by atoms with Crippen molar-refractivity contribution in [3.63, 3.8) is 0 Å². The maximum absolute atomic E-state index is 13.6. The molecule has 0 unspecified atom stereocenters. The van der Waals surface area contributed by atoms with E-state index in [2.05, 4.69) is 5.32 Å². The Hall–Kier alpha value is -1.62. The van der Waals surface area contributed by atoms with Gasteiger partial charge in [-0.3, -0.25) is 4.79 Å². The van der Waals surface area contributed by atoms with Crippen molar-refractivity contribution in [2.24, 2.45) is 11.1 Å². The summed E-state index contributed by atoms with van der Waals surface area (Å²) in [6.07, 6.45) is 5.37. The second-order valence-corrected chi connectivity index (χ2v) is 5.58. The van der Waals surface area contributed by atoms with Gasteiger partial charge in [-0.1, -0.05) is 25.3 Å². The van der Waals surface area contributed by atoms with E-state index in [-0.39, 0.29) is 16.7 Å². The van der Waals surface area contributed by atoms with Gasteiger partial charge in [-0.05, 0) is 36.9 Å². The van der Waals surface area contributed by atoms with Crippen molar-refractivity contribution in [1.29, 1.82) is 0 Å². The molecule has 1 amide bonds. The SMILES string of the molecule is NCC1(CNC(=O)c2c(O)cccc2F)CCCCC1. The van der Waals surface area contributed by atoms with Crippen LogP contribution in [0.1, 0.15) is 42.5 Å². The highest BCUT2D eigenvalue weighted by atomic mass is 19.1. The monoisotopic (exact) mass is 280 g/mol. The molecule has 0 bridgehead atoms. The highest BCUT2D eigenvalue weighted by Gasteiger charge is 2.31. The second kappa shape index (κ2) is 6.22. The molecule has 1 aliphatic rings. The zero-order valence-electron chi connectivity index (χ0n) is 11.5. The van der Waals surface area contributed by atoms with E-state index in [0.29, 0.717) is 13.1 Å². The van der Waals surface area contributed by atoms with Crippen molar-refractivity contribution in [3.05, 3.63) is 29.6 Å². The molecule has 0 saturated heterocycles. The van der Waals surface area contributed by atoms with Crippen LogP contribution in [0.2, 0.25) is 0 Å². The van der Waals surface area contributed by atoms with Gasteiger partial charge in [-0.2, -0.15) is 0 Å². The molecular weight excluding hydrogens is 259 g/mol. The molecule has 0 aliphatic heterocycles. The molecule has 0 spiro atoms. The van der Waals surface area contributed by atoms with Gasteiger partial charge in [0, 0.05) is 6.54 Å². The molecule has 2 rings (SSSR count). The summed E-state index contributed by atoms with van der Waals surface area (Å²) in [7, 11) is 0. The number of amides is 1. The molecule has 0 atom stereocenters. The van der Waals surface area contributed by atoms with E-state index in [1.54, 1.807) is 0 Å². The Bertz CT molecular complexity index is 465. The van der Waals surface area contributed by atoms with Crippen molar-refractivity contribution >= 4 is 5.91 Å². The largest absolute Gasteiger partial charge is 0.507 e. The summed E-state index contributed by atoms with van der Waals surface area (Å²) in [6.45, 7) is 0.937. The first-order valence-electron chi connectivity index (χ1n) is 7.04. The molecule has 1 aliphatic carbocycles. The van der Waals surface area contributed by atoms with E-state index in [1.807, 2.05) is 0 Å². The molecule has 4 N–H and O–H groups in total. The maximum atomic E-state index is 13.6. The summed E-state index contributed by atoms with van der Waals surface area (Å²) in [5, 5.41) is 12.3. The Morgan fingerprint density at radius 3 is 2.65 bits per heavy atom. The van der Waals surface area contributed by atoms with E-state index < -0.39 is 11.7 Å². The number of carbonyl (C=O) groups is 1. The molecule has 1 aromatic rings. The fourth-order valence-corrected chi connectivity index (χ4v) is 2.85. The smallest absolute Gasteiger partial charge is 0.258 e. The molecule has 1 aromatic carbocycles. The average molecular weight is 280 g/mol. The number of phenolic OH excluding ortho intramolecular Hbond substituents is 1. The molecule has 110 valence electrons. The predicted octanol–water partition coefficient (Wildman–Crippen LogP) is 2.17. The topological polar surface area (TPSA) is 75.3 Å². The third-order valence-corrected chi connectivity index (χ3v) is 4.19. The average Bonchev–Trinajstić information content (AvgIpc) is 2.46. The maximum Gasteiger partial charge on any atom is 0.258 e. The van der Waals surface area contributed by atoms with E-state index in [4.69, 9.17) is 5.73 Å². The molecule has 0 radical (unpaired) electrons. The van der Waals surface area contributed by atoms with Crippen LogP contribution >= 0.6 is 0 Å². The lowest BCUT2D eigenvalue weighted by Crippen LogP contribution is -2.43.